The van der Waals surface area contributed by atoms with E-state index in [0.717, 1.165) is 11.1 Å². The van der Waals surface area contributed by atoms with Gasteiger partial charge in [-0.05, 0) is 49.2 Å². The largest absolute Gasteiger partial charge is 0.495 e. The van der Waals surface area contributed by atoms with Crippen molar-refractivity contribution in [3.63, 3.8) is 0 Å². The molecule has 6 heteroatoms. The minimum atomic E-state index is -0.425. The Morgan fingerprint density at radius 3 is 2.57 bits per heavy atom. The van der Waals surface area contributed by atoms with Crippen LogP contribution >= 0.6 is 0 Å². The molecular weight excluding hydrogens is 359 g/mol. The summed E-state index contributed by atoms with van der Waals surface area (Å²) in [7, 11) is 3.28. The molecule has 2 aromatic rings. The highest BCUT2D eigenvalue weighted by Gasteiger charge is 2.38. The number of aryl methyl sites for hydroxylation is 1. The van der Waals surface area contributed by atoms with E-state index in [1.165, 1.54) is 12.1 Å². The van der Waals surface area contributed by atoms with Crippen LogP contribution < -0.4 is 9.64 Å². The molecule has 2 amide bonds. The highest BCUT2D eigenvalue weighted by Crippen LogP contribution is 2.35. The standard InChI is InChI=1S/C22H25FN2O3/c1-14-5-10-20(28-4)19(11-14)25-13-17(12-21(25)26)22(27)24(3)15(2)16-6-8-18(23)9-7-16/h5-11,15,17H,12-13H2,1-4H3. The molecule has 1 heterocycles. The fourth-order valence-electron chi connectivity index (χ4n) is 3.56. The highest BCUT2D eigenvalue weighted by atomic mass is 19.1. The third-order valence-electron chi connectivity index (χ3n) is 5.38. The second-order valence-corrected chi connectivity index (χ2v) is 7.26. The van der Waals surface area contributed by atoms with E-state index in [9.17, 15) is 14.0 Å². The van der Waals surface area contributed by atoms with Crippen LogP contribution in [0.2, 0.25) is 0 Å². The fourth-order valence-corrected chi connectivity index (χ4v) is 3.56. The highest BCUT2D eigenvalue weighted by molar-refractivity contribution is 6.01. The predicted octanol–water partition coefficient (Wildman–Crippen LogP) is 3.72. The Morgan fingerprint density at radius 2 is 1.93 bits per heavy atom. The maximum absolute atomic E-state index is 13.2. The number of benzene rings is 2. The number of carbonyl (C=O) groups excluding carboxylic acids is 2. The molecule has 28 heavy (non-hydrogen) atoms. The van der Waals surface area contributed by atoms with E-state index in [-0.39, 0.29) is 30.1 Å². The number of ether oxygens (including phenoxy) is 1. The third kappa shape index (κ3) is 3.86. The Balaban J connectivity index is 1.76. The molecule has 0 spiro atoms. The van der Waals surface area contributed by atoms with Crippen LogP contribution in [0.15, 0.2) is 42.5 Å². The number of rotatable bonds is 5. The lowest BCUT2D eigenvalue weighted by atomic mass is 10.0. The Bertz CT molecular complexity index is 882. The summed E-state index contributed by atoms with van der Waals surface area (Å²) in [5.74, 6) is -0.316. The summed E-state index contributed by atoms with van der Waals surface area (Å²) < 4.78 is 18.5. The van der Waals surface area contributed by atoms with Crippen molar-refractivity contribution in [1.82, 2.24) is 4.90 Å². The zero-order valence-electron chi connectivity index (χ0n) is 16.6. The van der Waals surface area contributed by atoms with Crippen LogP contribution in [-0.4, -0.2) is 37.4 Å². The van der Waals surface area contributed by atoms with Crippen LogP contribution in [0.1, 0.15) is 30.5 Å². The SMILES string of the molecule is COc1ccc(C)cc1N1CC(C(=O)N(C)C(C)c2ccc(F)cc2)CC1=O. The Labute approximate surface area is 164 Å². The number of anilines is 1. The first-order valence-corrected chi connectivity index (χ1v) is 9.29. The molecule has 2 unspecified atom stereocenters. The van der Waals surface area contributed by atoms with E-state index in [1.54, 1.807) is 36.1 Å². The van der Waals surface area contributed by atoms with Gasteiger partial charge >= 0.3 is 0 Å². The molecule has 0 bridgehead atoms. The van der Waals surface area contributed by atoms with Gasteiger partial charge < -0.3 is 14.5 Å². The molecule has 1 aliphatic rings. The van der Waals surface area contributed by atoms with Gasteiger partial charge in [0.05, 0.1) is 24.8 Å². The molecule has 5 nitrogen and oxygen atoms in total. The molecule has 1 aliphatic heterocycles. The third-order valence-corrected chi connectivity index (χ3v) is 5.38. The van der Waals surface area contributed by atoms with E-state index < -0.39 is 5.92 Å². The second kappa shape index (κ2) is 8.00. The minimum Gasteiger partial charge on any atom is -0.495 e. The lowest BCUT2D eigenvalue weighted by Crippen LogP contribution is -2.36. The maximum atomic E-state index is 13.2. The molecule has 3 rings (SSSR count). The lowest BCUT2D eigenvalue weighted by molar-refractivity contribution is -0.136. The predicted molar refractivity (Wildman–Crippen MR) is 106 cm³/mol. The Kier molecular flexibility index (Phi) is 5.68. The smallest absolute Gasteiger partial charge is 0.228 e. The summed E-state index contributed by atoms with van der Waals surface area (Å²) in [6, 6.07) is 11.5. The van der Waals surface area contributed by atoms with Crippen molar-refractivity contribution in [2.45, 2.75) is 26.3 Å². The first kappa shape index (κ1) is 19.9. The molecule has 2 aromatic carbocycles. The molecule has 1 fully saturated rings. The Morgan fingerprint density at radius 1 is 1.25 bits per heavy atom. The average Bonchev–Trinajstić information content (AvgIpc) is 3.08. The number of hydrogen-bond acceptors (Lipinski definition) is 3. The van der Waals surface area contributed by atoms with Crippen LogP contribution in [0.4, 0.5) is 10.1 Å². The van der Waals surface area contributed by atoms with E-state index in [1.807, 2.05) is 32.0 Å². The van der Waals surface area contributed by atoms with E-state index in [4.69, 9.17) is 4.74 Å². The van der Waals surface area contributed by atoms with Crippen LogP contribution in [0.5, 0.6) is 5.75 Å². The van der Waals surface area contributed by atoms with Crippen LogP contribution in [0.3, 0.4) is 0 Å². The van der Waals surface area contributed by atoms with Gasteiger partial charge in [0.2, 0.25) is 11.8 Å². The van der Waals surface area contributed by atoms with Gasteiger partial charge in [-0.1, -0.05) is 18.2 Å². The number of carbonyl (C=O) groups is 2. The number of amides is 2. The lowest BCUT2D eigenvalue weighted by Gasteiger charge is -2.28. The summed E-state index contributed by atoms with van der Waals surface area (Å²) in [6.45, 7) is 4.16. The number of nitrogens with zero attached hydrogens (tertiary/aromatic N) is 2. The van der Waals surface area contributed by atoms with Gasteiger partial charge in [0.1, 0.15) is 11.6 Å². The second-order valence-electron chi connectivity index (χ2n) is 7.26. The minimum absolute atomic E-state index is 0.0925. The fraction of sp³-hybridized carbons (Fsp3) is 0.364. The molecule has 0 saturated carbocycles. The Hall–Kier alpha value is -2.89. The number of methoxy groups -OCH3 is 1. The first-order chi connectivity index (χ1) is 13.3. The summed E-state index contributed by atoms with van der Waals surface area (Å²) in [5, 5.41) is 0. The van der Waals surface area contributed by atoms with Crippen molar-refractivity contribution in [3.8, 4) is 5.75 Å². The number of halogens is 1. The van der Waals surface area contributed by atoms with Crippen molar-refractivity contribution < 1.29 is 18.7 Å². The molecular formula is C22H25FN2O3. The maximum Gasteiger partial charge on any atom is 0.228 e. The van der Waals surface area contributed by atoms with E-state index in [0.29, 0.717) is 18.0 Å². The summed E-state index contributed by atoms with van der Waals surface area (Å²) in [4.78, 5) is 28.9. The van der Waals surface area contributed by atoms with Gasteiger partial charge in [0.25, 0.3) is 0 Å². The quantitative estimate of drug-likeness (QED) is 0.790. The molecule has 2 atom stereocenters. The van der Waals surface area contributed by atoms with E-state index in [2.05, 4.69) is 0 Å². The topological polar surface area (TPSA) is 49.9 Å². The molecule has 0 aliphatic carbocycles. The normalized spacial score (nSPS) is 17.5. The van der Waals surface area contributed by atoms with Gasteiger partial charge in [-0.3, -0.25) is 9.59 Å². The zero-order valence-corrected chi connectivity index (χ0v) is 16.6. The number of hydrogen-bond donors (Lipinski definition) is 0. The molecule has 0 radical (unpaired) electrons. The summed E-state index contributed by atoms with van der Waals surface area (Å²) >= 11 is 0. The van der Waals surface area contributed by atoms with E-state index >= 15 is 0 Å². The van der Waals surface area contributed by atoms with Gasteiger partial charge in [-0.2, -0.15) is 0 Å². The van der Waals surface area contributed by atoms with Crippen molar-refractivity contribution in [3.05, 3.63) is 59.4 Å². The summed E-state index contributed by atoms with van der Waals surface area (Å²) in [5.41, 5.74) is 2.55. The van der Waals surface area contributed by atoms with Crippen molar-refractivity contribution in [2.75, 3.05) is 25.6 Å². The van der Waals surface area contributed by atoms with Crippen molar-refractivity contribution >= 4 is 17.5 Å². The van der Waals surface area contributed by atoms with Crippen molar-refractivity contribution in [2.24, 2.45) is 5.92 Å². The average molecular weight is 384 g/mol. The van der Waals surface area contributed by atoms with Gasteiger partial charge in [-0.15, -0.1) is 0 Å². The van der Waals surface area contributed by atoms with Gasteiger partial charge in [0.15, 0.2) is 0 Å². The monoisotopic (exact) mass is 384 g/mol. The van der Waals surface area contributed by atoms with Gasteiger partial charge in [0, 0.05) is 20.0 Å². The van der Waals surface area contributed by atoms with Gasteiger partial charge in [-0.25, -0.2) is 4.39 Å². The molecule has 0 aromatic heterocycles. The molecule has 1 saturated heterocycles. The van der Waals surface area contributed by atoms with Crippen LogP contribution in [0, 0.1) is 18.7 Å². The first-order valence-electron chi connectivity index (χ1n) is 9.29. The molecule has 148 valence electrons. The van der Waals surface area contributed by atoms with Crippen molar-refractivity contribution in [1.29, 1.82) is 0 Å². The zero-order chi connectivity index (χ0) is 20.4. The van der Waals surface area contributed by atoms with Crippen LogP contribution in [0.25, 0.3) is 0 Å². The van der Waals surface area contributed by atoms with Crippen LogP contribution in [-0.2, 0) is 9.59 Å². The summed E-state index contributed by atoms with van der Waals surface area (Å²) in [6.07, 6.45) is 0.163. The molecule has 0 N–H and O–H groups in total.